The Balaban J connectivity index is 1.83. The topological polar surface area (TPSA) is 85.1 Å². The molecule has 1 heterocycles. The second kappa shape index (κ2) is 6.05. The van der Waals surface area contributed by atoms with Crippen LogP contribution in [0.5, 0.6) is 5.75 Å². The summed E-state index contributed by atoms with van der Waals surface area (Å²) in [7, 11) is 1.80. The van der Waals surface area contributed by atoms with Crippen molar-refractivity contribution in [2.24, 2.45) is 12.5 Å². The molecule has 0 aliphatic heterocycles. The predicted octanol–water partition coefficient (Wildman–Crippen LogP) is 2.61. The third-order valence-corrected chi connectivity index (χ3v) is 5.40. The molecule has 1 N–H and O–H groups in total. The Morgan fingerprint density at radius 3 is 2.29 bits per heavy atom. The summed E-state index contributed by atoms with van der Waals surface area (Å²) >= 11 is 1.17. The van der Waals surface area contributed by atoms with E-state index in [-0.39, 0.29) is 22.7 Å². The van der Waals surface area contributed by atoms with E-state index in [1.54, 1.807) is 35.9 Å². The Labute approximate surface area is 144 Å². The first-order valence-electron chi connectivity index (χ1n) is 7.68. The van der Waals surface area contributed by atoms with Crippen molar-refractivity contribution in [3.63, 3.8) is 0 Å². The lowest BCUT2D eigenvalue weighted by Gasteiger charge is -2.31. The van der Waals surface area contributed by atoms with Gasteiger partial charge in [0, 0.05) is 25.5 Å². The molecule has 2 aromatic rings. The van der Waals surface area contributed by atoms with Gasteiger partial charge in [-0.15, -0.1) is 10.2 Å². The molecule has 6 nitrogen and oxygen atoms in total. The number of hydrogen-bond donors (Lipinski definition) is 1. The number of thioether (sulfide) groups is 1. The largest absolute Gasteiger partial charge is 0.508 e. The molecule has 1 aromatic heterocycles. The van der Waals surface area contributed by atoms with Gasteiger partial charge in [0.15, 0.2) is 22.5 Å². The van der Waals surface area contributed by atoms with Gasteiger partial charge < -0.3 is 9.67 Å². The van der Waals surface area contributed by atoms with Gasteiger partial charge in [-0.2, -0.15) is 0 Å². The molecule has 0 saturated heterocycles. The van der Waals surface area contributed by atoms with Crippen LogP contribution < -0.4 is 0 Å². The number of Topliss-reactive ketones (excluding diaryl/α,β-unsaturated/α-hetero) is 2. The minimum Gasteiger partial charge on any atom is -0.508 e. The molecule has 3 rings (SSSR count). The van der Waals surface area contributed by atoms with Crippen molar-refractivity contribution in [1.29, 1.82) is 0 Å². The number of benzene rings is 1. The number of nitrogens with zero attached hydrogens (tertiary/aromatic N) is 3. The van der Waals surface area contributed by atoms with Gasteiger partial charge in [0.05, 0.1) is 0 Å². The molecule has 126 valence electrons. The lowest BCUT2D eigenvalue weighted by atomic mass is 9.76. The summed E-state index contributed by atoms with van der Waals surface area (Å²) in [5.41, 5.74) is 0.541. The van der Waals surface area contributed by atoms with Crippen LogP contribution in [0.2, 0.25) is 0 Å². The van der Waals surface area contributed by atoms with Gasteiger partial charge in [-0.3, -0.25) is 9.59 Å². The zero-order chi connectivity index (χ0) is 17.5. The fraction of sp³-hybridized carbons (Fsp3) is 0.412. The highest BCUT2D eigenvalue weighted by Gasteiger charge is 2.40. The summed E-state index contributed by atoms with van der Waals surface area (Å²) in [6, 6.07) is 6.64. The van der Waals surface area contributed by atoms with Crippen LogP contribution in [0, 0.1) is 5.41 Å². The van der Waals surface area contributed by atoms with E-state index >= 15 is 0 Å². The lowest BCUT2D eigenvalue weighted by Crippen LogP contribution is -2.39. The molecule has 1 aliphatic rings. The van der Waals surface area contributed by atoms with Crippen LogP contribution in [0.1, 0.15) is 26.7 Å². The zero-order valence-corrected chi connectivity index (χ0v) is 14.6. The van der Waals surface area contributed by atoms with E-state index in [1.807, 2.05) is 13.8 Å². The normalized spacial score (nSPS) is 18.1. The summed E-state index contributed by atoms with van der Waals surface area (Å²) in [6.45, 7) is 3.88. The molecular formula is C17H19N3O3S. The fourth-order valence-corrected chi connectivity index (χ4v) is 3.86. The van der Waals surface area contributed by atoms with E-state index in [0.717, 1.165) is 5.56 Å². The first-order valence-corrected chi connectivity index (χ1v) is 8.56. The van der Waals surface area contributed by atoms with E-state index in [2.05, 4.69) is 10.2 Å². The maximum absolute atomic E-state index is 12.3. The smallest absolute Gasteiger partial charge is 0.192 e. The standard InChI is InChI=1S/C17H19N3O3S/c1-17(2)8-12(22)14(13(23)9-17)24-16-19-18-15(20(16)3)10-4-6-11(21)7-5-10/h4-7,14,21H,8-9H2,1-3H3. The maximum Gasteiger partial charge on any atom is 0.192 e. The van der Waals surface area contributed by atoms with Crippen molar-refractivity contribution in [2.45, 2.75) is 37.1 Å². The minimum atomic E-state index is -0.700. The van der Waals surface area contributed by atoms with Crippen molar-refractivity contribution in [2.75, 3.05) is 0 Å². The Kier molecular flexibility index (Phi) is 4.21. The lowest BCUT2D eigenvalue weighted by molar-refractivity contribution is -0.132. The highest BCUT2D eigenvalue weighted by atomic mass is 32.2. The van der Waals surface area contributed by atoms with Gasteiger partial charge >= 0.3 is 0 Å². The average molecular weight is 345 g/mol. The summed E-state index contributed by atoms with van der Waals surface area (Å²) in [5, 5.41) is 17.5. The zero-order valence-electron chi connectivity index (χ0n) is 13.8. The van der Waals surface area contributed by atoms with Gasteiger partial charge in [-0.05, 0) is 29.7 Å². The average Bonchev–Trinajstić information content (AvgIpc) is 2.84. The first-order chi connectivity index (χ1) is 11.3. The number of aromatic hydroxyl groups is 1. The number of ketones is 2. The molecule has 0 amide bonds. The van der Waals surface area contributed by atoms with E-state index < -0.39 is 5.25 Å². The van der Waals surface area contributed by atoms with Gasteiger partial charge in [-0.25, -0.2) is 0 Å². The summed E-state index contributed by atoms with van der Waals surface area (Å²) < 4.78 is 1.76. The van der Waals surface area contributed by atoms with Crippen LogP contribution in [-0.4, -0.2) is 36.7 Å². The summed E-state index contributed by atoms with van der Waals surface area (Å²) in [6.07, 6.45) is 0.804. The molecule has 7 heteroatoms. The second-order valence-corrected chi connectivity index (χ2v) is 7.93. The SMILES string of the molecule is Cn1c(SC2C(=O)CC(C)(C)CC2=O)nnc1-c1ccc(O)cc1. The van der Waals surface area contributed by atoms with Gasteiger partial charge in [0.25, 0.3) is 0 Å². The molecule has 1 aliphatic carbocycles. The summed E-state index contributed by atoms with van der Waals surface area (Å²) in [5.74, 6) is 0.705. The molecule has 0 atom stereocenters. The minimum absolute atomic E-state index is 0.0459. The van der Waals surface area contributed by atoms with Crippen molar-refractivity contribution < 1.29 is 14.7 Å². The molecule has 1 fully saturated rings. The van der Waals surface area contributed by atoms with E-state index in [9.17, 15) is 14.7 Å². The van der Waals surface area contributed by atoms with Crippen molar-refractivity contribution >= 4 is 23.3 Å². The monoisotopic (exact) mass is 345 g/mol. The quantitative estimate of drug-likeness (QED) is 0.861. The summed E-state index contributed by atoms with van der Waals surface area (Å²) in [4.78, 5) is 24.6. The van der Waals surface area contributed by atoms with Crippen LogP contribution in [0.3, 0.4) is 0 Å². The van der Waals surface area contributed by atoms with Crippen LogP contribution in [-0.2, 0) is 16.6 Å². The second-order valence-electron chi connectivity index (χ2n) is 6.86. The Morgan fingerprint density at radius 2 is 1.71 bits per heavy atom. The number of carbonyl (C=O) groups is 2. The van der Waals surface area contributed by atoms with Crippen molar-refractivity contribution in [3.05, 3.63) is 24.3 Å². The van der Waals surface area contributed by atoms with Crippen LogP contribution >= 0.6 is 11.8 Å². The maximum atomic E-state index is 12.3. The van der Waals surface area contributed by atoms with Crippen molar-refractivity contribution in [3.8, 4) is 17.1 Å². The molecule has 1 aromatic carbocycles. The molecule has 0 unspecified atom stereocenters. The molecule has 1 saturated carbocycles. The Bertz CT molecular complexity index is 776. The molecule has 0 radical (unpaired) electrons. The number of phenolic OH excluding ortho intramolecular Hbond substituents is 1. The van der Waals surface area contributed by atoms with Crippen LogP contribution in [0.25, 0.3) is 11.4 Å². The molecule has 24 heavy (non-hydrogen) atoms. The third kappa shape index (κ3) is 3.21. The first kappa shape index (κ1) is 16.7. The van der Waals surface area contributed by atoms with Gasteiger partial charge in [-0.1, -0.05) is 25.6 Å². The number of carbonyl (C=O) groups excluding carboxylic acids is 2. The number of rotatable bonds is 3. The highest BCUT2D eigenvalue weighted by molar-refractivity contribution is 8.01. The third-order valence-electron chi connectivity index (χ3n) is 4.07. The van der Waals surface area contributed by atoms with Crippen LogP contribution in [0.15, 0.2) is 29.4 Å². The van der Waals surface area contributed by atoms with E-state index in [4.69, 9.17) is 0 Å². The van der Waals surface area contributed by atoms with E-state index in [1.165, 1.54) is 11.8 Å². The molecule has 0 bridgehead atoms. The number of phenols is 1. The Morgan fingerprint density at radius 1 is 1.12 bits per heavy atom. The number of aromatic nitrogens is 3. The molecular weight excluding hydrogens is 326 g/mol. The highest BCUT2D eigenvalue weighted by Crippen LogP contribution is 2.37. The Hall–Kier alpha value is -2.15. The van der Waals surface area contributed by atoms with Crippen LogP contribution in [0.4, 0.5) is 0 Å². The number of hydrogen-bond acceptors (Lipinski definition) is 6. The van der Waals surface area contributed by atoms with Gasteiger partial charge in [0.2, 0.25) is 0 Å². The predicted molar refractivity (Wildman–Crippen MR) is 90.8 cm³/mol. The molecule has 0 spiro atoms. The van der Waals surface area contributed by atoms with Crippen molar-refractivity contribution in [1.82, 2.24) is 14.8 Å². The van der Waals surface area contributed by atoms with E-state index in [0.29, 0.717) is 23.8 Å². The fourth-order valence-electron chi connectivity index (χ4n) is 2.89. The van der Waals surface area contributed by atoms with Gasteiger partial charge in [0.1, 0.15) is 11.0 Å².